The zero-order chi connectivity index (χ0) is 6.41. The Morgan fingerprint density at radius 3 is 1.70 bits per heavy atom. The fraction of sp³-hybridized carbons (Fsp3) is 0.429. The SMILES string of the molecule is [C-]1=CCC1.[CH2-]C(C)=O.[Li+].[Li+]. The minimum absolute atomic E-state index is 0. The predicted octanol–water partition coefficient (Wildman–Crippen LogP) is -4.44. The average molecular weight is 124 g/mol. The maximum absolute atomic E-state index is 9.33. The molecule has 0 atom stereocenters. The molecular weight excluding hydrogens is 114 g/mol. The van der Waals surface area contributed by atoms with Gasteiger partial charge in [-0.1, -0.05) is 6.42 Å². The Morgan fingerprint density at radius 1 is 1.60 bits per heavy atom. The number of rotatable bonds is 0. The van der Waals surface area contributed by atoms with Gasteiger partial charge in [-0.05, 0) is 12.7 Å². The first-order valence-electron chi connectivity index (χ1n) is 2.61. The molecule has 3 heteroatoms. The van der Waals surface area contributed by atoms with Crippen LogP contribution in [0.3, 0.4) is 0 Å². The summed E-state index contributed by atoms with van der Waals surface area (Å²) in [5.41, 5.74) is 0. The van der Waals surface area contributed by atoms with E-state index in [1.165, 1.54) is 19.8 Å². The average Bonchev–Trinajstić information content (AvgIpc) is 1.19. The smallest absolute Gasteiger partial charge is 0.500 e. The third-order valence-electron chi connectivity index (χ3n) is 0.577. The standard InChI is InChI=1S/C4H5.C3H5O.2Li/c1-2-4-3-1;1-3(2)4;;/h1H,2,4H2;1H2,2H3;;/q2*-1;2*+1. The molecule has 0 unspecified atom stereocenters. The van der Waals surface area contributed by atoms with Crippen LogP contribution in [0.1, 0.15) is 19.8 Å². The number of ketones is 1. The van der Waals surface area contributed by atoms with E-state index in [4.69, 9.17) is 0 Å². The van der Waals surface area contributed by atoms with Gasteiger partial charge in [0.15, 0.2) is 0 Å². The molecule has 1 aliphatic rings. The molecule has 0 heterocycles. The summed E-state index contributed by atoms with van der Waals surface area (Å²) in [7, 11) is 0. The van der Waals surface area contributed by atoms with Gasteiger partial charge in [-0.15, -0.1) is 0 Å². The number of carbonyl (C=O) groups is 1. The van der Waals surface area contributed by atoms with Crippen molar-refractivity contribution in [2.45, 2.75) is 19.8 Å². The van der Waals surface area contributed by atoms with E-state index in [1.807, 2.05) is 0 Å². The molecule has 1 nitrogen and oxygen atoms in total. The molecule has 46 valence electrons. The summed E-state index contributed by atoms with van der Waals surface area (Å²) >= 11 is 0. The first kappa shape index (κ1) is 16.8. The quantitative estimate of drug-likeness (QED) is 0.235. The van der Waals surface area contributed by atoms with Gasteiger partial charge in [0.05, 0.1) is 0 Å². The van der Waals surface area contributed by atoms with Gasteiger partial charge in [0, 0.05) is 0 Å². The fourth-order valence-electron chi connectivity index (χ4n) is 0.144. The Morgan fingerprint density at radius 2 is 1.70 bits per heavy atom. The van der Waals surface area contributed by atoms with Gasteiger partial charge >= 0.3 is 37.7 Å². The topological polar surface area (TPSA) is 17.1 Å². The summed E-state index contributed by atoms with van der Waals surface area (Å²) < 4.78 is 0. The van der Waals surface area contributed by atoms with Crippen molar-refractivity contribution in [3.63, 3.8) is 0 Å². The van der Waals surface area contributed by atoms with Crippen LogP contribution in [0.25, 0.3) is 0 Å². The second-order valence-electron chi connectivity index (χ2n) is 1.65. The van der Waals surface area contributed by atoms with Crippen LogP contribution in [-0.2, 0) is 4.79 Å². The molecule has 0 fully saturated rings. The van der Waals surface area contributed by atoms with Gasteiger partial charge in [-0.3, -0.25) is 6.08 Å². The Balaban J connectivity index is -0.0000000817. The summed E-state index contributed by atoms with van der Waals surface area (Å²) in [4.78, 5) is 9.33. The number of allylic oxidation sites excluding steroid dienone is 2. The molecule has 0 aromatic carbocycles. The monoisotopic (exact) mass is 124 g/mol. The van der Waals surface area contributed by atoms with Gasteiger partial charge in [0.1, 0.15) is 0 Å². The number of hydrogen-bond donors (Lipinski definition) is 0. The molecule has 1 rings (SSSR count). The molecule has 10 heavy (non-hydrogen) atoms. The van der Waals surface area contributed by atoms with Gasteiger partial charge in [-0.25, -0.2) is 0 Å². The van der Waals surface area contributed by atoms with E-state index in [2.05, 4.69) is 19.1 Å². The van der Waals surface area contributed by atoms with Crippen LogP contribution >= 0.6 is 0 Å². The minimum Gasteiger partial charge on any atom is -0.500 e. The van der Waals surface area contributed by atoms with Gasteiger partial charge < -0.3 is 17.8 Å². The van der Waals surface area contributed by atoms with Crippen LogP contribution in [0, 0.1) is 13.0 Å². The predicted molar refractivity (Wildman–Crippen MR) is 33.1 cm³/mol. The fourth-order valence-corrected chi connectivity index (χ4v) is 0.144. The van der Waals surface area contributed by atoms with Gasteiger partial charge in [0.25, 0.3) is 0 Å². The summed E-state index contributed by atoms with van der Waals surface area (Å²) in [6.07, 6.45) is 7.50. The molecular formula is C7H10Li2O. The van der Waals surface area contributed by atoms with Crippen LogP contribution in [0.4, 0.5) is 0 Å². The van der Waals surface area contributed by atoms with Crippen molar-refractivity contribution >= 4 is 5.78 Å². The normalized spacial score (nSPS) is 10.5. The zero-order valence-corrected chi connectivity index (χ0v) is 7.11. The Hall–Kier alpha value is 0.475. The van der Waals surface area contributed by atoms with E-state index >= 15 is 0 Å². The summed E-state index contributed by atoms with van der Waals surface area (Å²) in [5.74, 6) is -0.0833. The van der Waals surface area contributed by atoms with Crippen LogP contribution in [0.5, 0.6) is 0 Å². The third-order valence-corrected chi connectivity index (χ3v) is 0.577. The minimum atomic E-state index is -0.0833. The number of Topliss-reactive ketones (excluding diaryl/α,β-unsaturated/α-hetero) is 1. The molecule has 0 amide bonds. The van der Waals surface area contributed by atoms with Crippen molar-refractivity contribution in [2.24, 2.45) is 0 Å². The molecule has 0 N–H and O–H groups in total. The van der Waals surface area contributed by atoms with Crippen molar-refractivity contribution < 1.29 is 42.5 Å². The number of carbonyl (C=O) groups excluding carboxylic acids is 1. The van der Waals surface area contributed by atoms with E-state index in [0.29, 0.717) is 0 Å². The molecule has 0 aromatic heterocycles. The van der Waals surface area contributed by atoms with Crippen LogP contribution < -0.4 is 37.7 Å². The van der Waals surface area contributed by atoms with Crippen LogP contribution in [-0.4, -0.2) is 5.78 Å². The van der Waals surface area contributed by atoms with Crippen molar-refractivity contribution in [1.82, 2.24) is 0 Å². The Kier molecular flexibility index (Phi) is 20.5. The maximum Gasteiger partial charge on any atom is 1.00 e. The maximum atomic E-state index is 9.33. The first-order chi connectivity index (χ1) is 3.73. The van der Waals surface area contributed by atoms with E-state index in [-0.39, 0.29) is 43.5 Å². The number of hydrogen-bond acceptors (Lipinski definition) is 1. The molecule has 1 aliphatic carbocycles. The second kappa shape index (κ2) is 12.2. The van der Waals surface area contributed by atoms with Crippen LogP contribution in [0.2, 0.25) is 0 Å². The molecule has 0 saturated carbocycles. The van der Waals surface area contributed by atoms with Gasteiger partial charge in [0.2, 0.25) is 0 Å². The summed E-state index contributed by atoms with van der Waals surface area (Å²) in [6, 6.07) is 0. The zero-order valence-electron chi connectivity index (χ0n) is 7.11. The van der Waals surface area contributed by atoms with Gasteiger partial charge in [-0.2, -0.15) is 6.42 Å². The van der Waals surface area contributed by atoms with Crippen molar-refractivity contribution in [1.29, 1.82) is 0 Å². The van der Waals surface area contributed by atoms with Crippen molar-refractivity contribution in [2.75, 3.05) is 0 Å². The molecule has 0 spiro atoms. The molecule has 0 saturated heterocycles. The molecule has 0 radical (unpaired) electrons. The second-order valence-corrected chi connectivity index (χ2v) is 1.65. The first-order valence-corrected chi connectivity index (χ1v) is 2.61. The van der Waals surface area contributed by atoms with E-state index in [1.54, 1.807) is 0 Å². The Bertz CT molecular complexity index is 89.8. The van der Waals surface area contributed by atoms with E-state index in [0.717, 1.165) is 0 Å². The van der Waals surface area contributed by atoms with Crippen molar-refractivity contribution in [3.05, 3.63) is 19.1 Å². The summed E-state index contributed by atoms with van der Waals surface area (Å²) in [6.45, 7) is 4.42. The molecule has 0 aliphatic heterocycles. The van der Waals surface area contributed by atoms with Crippen molar-refractivity contribution in [3.8, 4) is 0 Å². The van der Waals surface area contributed by atoms with E-state index in [9.17, 15) is 4.79 Å². The third kappa shape index (κ3) is 23.6. The summed E-state index contributed by atoms with van der Waals surface area (Å²) in [5, 5.41) is 0. The Labute approximate surface area is 87.0 Å². The molecule has 0 bridgehead atoms. The molecule has 0 aromatic rings. The largest absolute Gasteiger partial charge is 1.00 e. The van der Waals surface area contributed by atoms with Crippen LogP contribution in [0.15, 0.2) is 6.08 Å². The van der Waals surface area contributed by atoms with E-state index < -0.39 is 0 Å².